The van der Waals surface area contributed by atoms with Crippen molar-refractivity contribution in [3.8, 4) is 0 Å². The van der Waals surface area contributed by atoms with Gasteiger partial charge in [0.05, 0.1) is 35.6 Å². The highest BCUT2D eigenvalue weighted by molar-refractivity contribution is 9.10. The summed E-state index contributed by atoms with van der Waals surface area (Å²) >= 11 is 15.7. The van der Waals surface area contributed by atoms with Crippen LogP contribution in [-0.4, -0.2) is 23.5 Å². The number of hydrogen-bond donors (Lipinski definition) is 2. The molecule has 3 N–H and O–H groups in total. The van der Waals surface area contributed by atoms with Crippen LogP contribution in [0.3, 0.4) is 0 Å². The minimum atomic E-state index is -0.316. The average Bonchev–Trinajstić information content (AvgIpc) is 2.81. The molecule has 0 aliphatic heterocycles. The lowest BCUT2D eigenvalue weighted by molar-refractivity contribution is 0.182. The lowest BCUT2D eigenvalue weighted by atomic mass is 10.0. The van der Waals surface area contributed by atoms with Crippen molar-refractivity contribution in [3.05, 3.63) is 50.2 Å². The second kappa shape index (κ2) is 7.58. The number of rotatable bonds is 6. The Kier molecular flexibility index (Phi) is 6.04. The lowest BCUT2D eigenvalue weighted by Crippen LogP contribution is -2.31. The van der Waals surface area contributed by atoms with Crippen molar-refractivity contribution in [2.75, 3.05) is 13.7 Å². The molecule has 8 heteroatoms. The van der Waals surface area contributed by atoms with Gasteiger partial charge in [-0.15, -0.1) is 0 Å². The first-order chi connectivity index (χ1) is 10.1. The first kappa shape index (κ1) is 16.7. The molecule has 0 fully saturated rings. The number of nitrogens with one attached hydrogen (secondary N) is 1. The van der Waals surface area contributed by atoms with Crippen LogP contribution < -0.4 is 11.3 Å². The molecule has 0 aliphatic carbocycles. The molecule has 0 spiro atoms. The van der Waals surface area contributed by atoms with E-state index in [0.717, 1.165) is 15.7 Å². The Bertz CT molecular complexity index is 620. The van der Waals surface area contributed by atoms with Crippen LogP contribution in [0.2, 0.25) is 10.0 Å². The van der Waals surface area contributed by atoms with Gasteiger partial charge in [-0.05, 0) is 33.6 Å². The van der Waals surface area contributed by atoms with Crippen molar-refractivity contribution in [1.29, 1.82) is 0 Å². The quantitative estimate of drug-likeness (QED) is 0.584. The molecule has 1 aromatic carbocycles. The number of methoxy groups -OCH3 is 1. The Hall–Kier alpha value is -0.630. The Labute approximate surface area is 141 Å². The van der Waals surface area contributed by atoms with Gasteiger partial charge in [0.25, 0.3) is 0 Å². The number of nitrogens with zero attached hydrogens (tertiary/aromatic N) is 2. The molecule has 5 nitrogen and oxygen atoms in total. The van der Waals surface area contributed by atoms with Crippen LogP contribution in [0.5, 0.6) is 0 Å². The summed E-state index contributed by atoms with van der Waals surface area (Å²) in [7, 11) is 1.65. The van der Waals surface area contributed by atoms with Gasteiger partial charge in [0.2, 0.25) is 0 Å². The maximum absolute atomic E-state index is 6.28. The van der Waals surface area contributed by atoms with Crippen molar-refractivity contribution >= 4 is 39.1 Å². The molecular formula is C13H15BrCl2N4O. The molecular weight excluding hydrogens is 379 g/mol. The van der Waals surface area contributed by atoms with Crippen LogP contribution in [0.1, 0.15) is 17.3 Å². The van der Waals surface area contributed by atoms with Crippen LogP contribution >= 0.6 is 39.1 Å². The van der Waals surface area contributed by atoms with E-state index in [1.54, 1.807) is 25.4 Å². The molecule has 0 radical (unpaired) electrons. The zero-order valence-corrected chi connectivity index (χ0v) is 14.4. The summed E-state index contributed by atoms with van der Waals surface area (Å²) in [6.07, 6.45) is 1.72. The van der Waals surface area contributed by atoms with Crippen molar-refractivity contribution in [3.63, 3.8) is 0 Å². The number of hydrazine groups is 1. The minimum absolute atomic E-state index is 0.316. The van der Waals surface area contributed by atoms with Gasteiger partial charge in [-0.25, -0.2) is 5.43 Å². The van der Waals surface area contributed by atoms with E-state index in [-0.39, 0.29) is 6.04 Å². The highest BCUT2D eigenvalue weighted by Gasteiger charge is 2.23. The molecule has 1 unspecified atom stereocenters. The van der Waals surface area contributed by atoms with Crippen molar-refractivity contribution in [2.45, 2.75) is 12.6 Å². The Morgan fingerprint density at radius 3 is 2.86 bits per heavy atom. The number of ether oxygens (including phenoxy) is 1. The zero-order chi connectivity index (χ0) is 15.4. The van der Waals surface area contributed by atoms with Gasteiger partial charge in [-0.1, -0.05) is 29.3 Å². The SMILES string of the molecule is COCCn1ncc(Br)c1C(NN)c1ccc(Cl)cc1Cl. The minimum Gasteiger partial charge on any atom is -0.383 e. The van der Waals surface area contributed by atoms with E-state index in [1.165, 1.54) is 0 Å². The normalized spacial score (nSPS) is 12.6. The van der Waals surface area contributed by atoms with Crippen molar-refractivity contribution in [2.24, 2.45) is 5.84 Å². The van der Waals surface area contributed by atoms with Crippen molar-refractivity contribution in [1.82, 2.24) is 15.2 Å². The number of halogens is 3. The Morgan fingerprint density at radius 1 is 1.48 bits per heavy atom. The molecule has 0 amide bonds. The molecule has 0 saturated carbocycles. The predicted molar refractivity (Wildman–Crippen MR) is 87.4 cm³/mol. The van der Waals surface area contributed by atoms with Gasteiger partial charge < -0.3 is 4.74 Å². The second-order valence-corrected chi connectivity index (χ2v) is 6.06. The highest BCUT2D eigenvalue weighted by Crippen LogP contribution is 2.33. The van der Waals surface area contributed by atoms with E-state index in [2.05, 4.69) is 26.5 Å². The number of aromatic nitrogens is 2. The van der Waals surface area contributed by atoms with Gasteiger partial charge in [0.1, 0.15) is 0 Å². The van der Waals surface area contributed by atoms with Crippen LogP contribution in [0.15, 0.2) is 28.9 Å². The maximum atomic E-state index is 6.28. The van der Waals surface area contributed by atoms with Crippen molar-refractivity contribution < 1.29 is 4.74 Å². The van der Waals surface area contributed by atoms with E-state index in [9.17, 15) is 0 Å². The van der Waals surface area contributed by atoms with E-state index in [4.69, 9.17) is 33.8 Å². The largest absolute Gasteiger partial charge is 0.383 e. The summed E-state index contributed by atoms with van der Waals surface area (Å²) < 4.78 is 7.76. The fraction of sp³-hybridized carbons (Fsp3) is 0.308. The van der Waals surface area contributed by atoms with Crippen LogP contribution in [0.4, 0.5) is 0 Å². The summed E-state index contributed by atoms with van der Waals surface area (Å²) in [4.78, 5) is 0. The van der Waals surface area contributed by atoms with Crippen LogP contribution in [0.25, 0.3) is 0 Å². The number of nitrogens with two attached hydrogens (primary N) is 1. The smallest absolute Gasteiger partial charge is 0.0904 e. The fourth-order valence-corrected chi connectivity index (χ4v) is 3.11. The summed E-state index contributed by atoms with van der Waals surface area (Å²) in [5.74, 6) is 5.73. The molecule has 0 aliphatic rings. The zero-order valence-electron chi connectivity index (χ0n) is 11.3. The van der Waals surface area contributed by atoms with Gasteiger partial charge >= 0.3 is 0 Å². The molecule has 21 heavy (non-hydrogen) atoms. The summed E-state index contributed by atoms with van der Waals surface area (Å²) in [6, 6.07) is 4.99. The molecule has 2 rings (SSSR count). The van der Waals surface area contributed by atoms with Gasteiger partial charge in [-0.2, -0.15) is 5.10 Å². The maximum Gasteiger partial charge on any atom is 0.0904 e. The summed E-state index contributed by atoms with van der Waals surface area (Å²) in [6.45, 7) is 1.16. The van der Waals surface area contributed by atoms with E-state index in [1.807, 2.05) is 10.7 Å². The molecule has 1 aromatic heterocycles. The third kappa shape index (κ3) is 3.77. The standard InChI is InChI=1S/C13H15BrCl2N4O/c1-21-5-4-20-13(10(14)7-18-20)12(19-17)9-3-2-8(15)6-11(9)16/h2-3,6-7,12,19H,4-5,17H2,1H3. The summed E-state index contributed by atoms with van der Waals surface area (Å²) in [5, 5.41) is 5.43. The molecule has 1 heterocycles. The number of benzene rings is 1. The van der Waals surface area contributed by atoms with Gasteiger partial charge in [0.15, 0.2) is 0 Å². The Morgan fingerprint density at radius 2 is 2.24 bits per heavy atom. The first-order valence-electron chi connectivity index (χ1n) is 6.19. The predicted octanol–water partition coefficient (Wildman–Crippen LogP) is 3.15. The molecule has 1 atom stereocenters. The van der Waals surface area contributed by atoms with Crippen LogP contribution in [0, 0.1) is 0 Å². The monoisotopic (exact) mass is 392 g/mol. The number of hydrogen-bond acceptors (Lipinski definition) is 4. The molecule has 0 bridgehead atoms. The lowest BCUT2D eigenvalue weighted by Gasteiger charge is -2.20. The molecule has 0 saturated heterocycles. The van der Waals surface area contributed by atoms with Gasteiger partial charge in [-0.3, -0.25) is 10.5 Å². The second-order valence-electron chi connectivity index (χ2n) is 4.36. The van der Waals surface area contributed by atoms with Crippen LogP contribution in [-0.2, 0) is 11.3 Å². The fourth-order valence-electron chi connectivity index (χ4n) is 2.07. The van der Waals surface area contributed by atoms with Gasteiger partial charge in [0, 0.05) is 17.2 Å². The van der Waals surface area contributed by atoms with E-state index >= 15 is 0 Å². The average molecular weight is 394 g/mol. The Balaban J connectivity index is 2.43. The highest BCUT2D eigenvalue weighted by atomic mass is 79.9. The topological polar surface area (TPSA) is 65.1 Å². The molecule has 114 valence electrons. The third-order valence-electron chi connectivity index (χ3n) is 3.05. The van der Waals surface area contributed by atoms with E-state index in [0.29, 0.717) is 23.2 Å². The first-order valence-corrected chi connectivity index (χ1v) is 7.74. The van der Waals surface area contributed by atoms with E-state index < -0.39 is 0 Å². The molecule has 2 aromatic rings. The summed E-state index contributed by atoms with van der Waals surface area (Å²) in [5.41, 5.74) is 4.48. The third-order valence-corrected chi connectivity index (χ3v) is 4.23.